The molecule has 0 spiro atoms. The maximum Gasteiger partial charge on any atom is 0.123 e. The predicted molar refractivity (Wildman–Crippen MR) is 68.6 cm³/mol. The maximum absolute atomic E-state index is 13.5. The van der Waals surface area contributed by atoms with Gasteiger partial charge in [0, 0.05) is 7.11 Å². The summed E-state index contributed by atoms with van der Waals surface area (Å²) in [7, 11) is 1.68. The Morgan fingerprint density at radius 2 is 2.00 bits per heavy atom. The second-order valence-electron chi connectivity index (χ2n) is 4.86. The number of hydrogen-bond acceptors (Lipinski definition) is 2. The highest BCUT2D eigenvalue weighted by atomic mass is 19.1. The molecule has 0 saturated carbocycles. The van der Waals surface area contributed by atoms with Gasteiger partial charge in [-0.15, -0.1) is 0 Å². The molecule has 17 heavy (non-hydrogen) atoms. The van der Waals surface area contributed by atoms with E-state index in [9.17, 15) is 4.39 Å². The van der Waals surface area contributed by atoms with Crippen LogP contribution in [0.5, 0.6) is 0 Å². The van der Waals surface area contributed by atoms with E-state index >= 15 is 0 Å². The van der Waals surface area contributed by atoms with Crippen LogP contribution in [-0.2, 0) is 4.74 Å². The SMILES string of the molecule is CCNC(c1cc(C)cc(F)c1)C(C)(C)OC. The average Bonchev–Trinajstić information content (AvgIpc) is 2.24. The highest BCUT2D eigenvalue weighted by Gasteiger charge is 2.30. The van der Waals surface area contributed by atoms with Gasteiger partial charge in [0.25, 0.3) is 0 Å². The zero-order chi connectivity index (χ0) is 13.1. The molecule has 0 saturated heterocycles. The van der Waals surface area contributed by atoms with Gasteiger partial charge >= 0.3 is 0 Å². The molecule has 2 nitrogen and oxygen atoms in total. The third-order valence-electron chi connectivity index (χ3n) is 3.03. The molecule has 0 aliphatic heterocycles. The fourth-order valence-electron chi connectivity index (χ4n) is 2.02. The van der Waals surface area contributed by atoms with Gasteiger partial charge in [-0.2, -0.15) is 0 Å². The van der Waals surface area contributed by atoms with E-state index < -0.39 is 0 Å². The highest BCUT2D eigenvalue weighted by molar-refractivity contribution is 5.28. The Bertz CT molecular complexity index is 356. The van der Waals surface area contributed by atoms with Gasteiger partial charge in [-0.3, -0.25) is 0 Å². The first-order valence-electron chi connectivity index (χ1n) is 5.96. The lowest BCUT2D eigenvalue weighted by atomic mass is 9.90. The molecule has 1 aromatic carbocycles. The fourth-order valence-corrected chi connectivity index (χ4v) is 2.02. The van der Waals surface area contributed by atoms with Crippen molar-refractivity contribution in [2.75, 3.05) is 13.7 Å². The lowest BCUT2D eigenvalue weighted by Gasteiger charge is -2.34. The second kappa shape index (κ2) is 5.61. The molecule has 0 aromatic heterocycles. The van der Waals surface area contributed by atoms with E-state index in [4.69, 9.17) is 4.74 Å². The number of hydrogen-bond donors (Lipinski definition) is 1. The summed E-state index contributed by atoms with van der Waals surface area (Å²) in [5.41, 5.74) is 1.47. The smallest absolute Gasteiger partial charge is 0.123 e. The Morgan fingerprint density at radius 3 is 2.47 bits per heavy atom. The number of aryl methyl sites for hydroxylation is 1. The van der Waals surface area contributed by atoms with E-state index in [1.807, 2.05) is 33.8 Å². The topological polar surface area (TPSA) is 21.3 Å². The normalized spacial score (nSPS) is 13.8. The van der Waals surface area contributed by atoms with Gasteiger partial charge in [-0.1, -0.05) is 13.0 Å². The first-order valence-corrected chi connectivity index (χ1v) is 5.96. The molecule has 0 fully saturated rings. The summed E-state index contributed by atoms with van der Waals surface area (Å²) in [6.45, 7) is 8.74. The van der Waals surface area contributed by atoms with Gasteiger partial charge in [0.2, 0.25) is 0 Å². The standard InChI is InChI=1S/C14H22FNO/c1-6-16-13(14(3,4)17-5)11-7-10(2)8-12(15)9-11/h7-9,13,16H,6H2,1-5H3. The largest absolute Gasteiger partial charge is 0.377 e. The number of halogens is 1. The molecular weight excluding hydrogens is 217 g/mol. The lowest BCUT2D eigenvalue weighted by Crippen LogP contribution is -2.40. The Morgan fingerprint density at radius 1 is 1.35 bits per heavy atom. The minimum atomic E-state index is -0.379. The number of likely N-dealkylation sites (N-methyl/N-ethyl adjacent to an activating group) is 1. The van der Waals surface area contributed by atoms with Crippen molar-refractivity contribution in [3.05, 3.63) is 35.1 Å². The van der Waals surface area contributed by atoms with Gasteiger partial charge in [-0.05, 0) is 50.6 Å². The van der Waals surface area contributed by atoms with Crippen LogP contribution >= 0.6 is 0 Å². The summed E-state index contributed by atoms with van der Waals surface area (Å²) in [5.74, 6) is -0.199. The number of ether oxygens (including phenoxy) is 1. The number of benzene rings is 1. The lowest BCUT2D eigenvalue weighted by molar-refractivity contribution is -0.0107. The quantitative estimate of drug-likeness (QED) is 0.852. The average molecular weight is 239 g/mol. The Balaban J connectivity index is 3.13. The van der Waals surface area contributed by atoms with Crippen molar-refractivity contribution in [2.24, 2.45) is 0 Å². The number of rotatable bonds is 5. The van der Waals surface area contributed by atoms with Gasteiger partial charge in [0.1, 0.15) is 5.82 Å². The van der Waals surface area contributed by atoms with Crippen molar-refractivity contribution in [1.29, 1.82) is 0 Å². The van der Waals surface area contributed by atoms with Crippen molar-refractivity contribution in [2.45, 2.75) is 39.3 Å². The Labute approximate surface area is 103 Å². The summed E-state index contributed by atoms with van der Waals surface area (Å²) in [5, 5.41) is 3.35. The molecule has 0 heterocycles. The molecule has 1 N–H and O–H groups in total. The number of nitrogens with one attached hydrogen (secondary N) is 1. The molecule has 0 amide bonds. The van der Waals surface area contributed by atoms with Crippen molar-refractivity contribution < 1.29 is 9.13 Å². The van der Waals surface area contributed by atoms with Crippen LogP contribution in [0.3, 0.4) is 0 Å². The predicted octanol–water partition coefficient (Wildman–Crippen LogP) is 3.21. The highest BCUT2D eigenvalue weighted by Crippen LogP contribution is 2.29. The van der Waals surface area contributed by atoms with E-state index in [2.05, 4.69) is 5.32 Å². The maximum atomic E-state index is 13.5. The zero-order valence-electron chi connectivity index (χ0n) is 11.3. The van der Waals surface area contributed by atoms with Crippen molar-refractivity contribution in [1.82, 2.24) is 5.32 Å². The van der Waals surface area contributed by atoms with Crippen LogP contribution in [0, 0.1) is 12.7 Å². The second-order valence-corrected chi connectivity index (χ2v) is 4.86. The Kier molecular flexibility index (Phi) is 4.66. The molecule has 3 heteroatoms. The molecule has 1 rings (SSSR count). The minimum absolute atomic E-state index is 0.0214. The number of methoxy groups -OCH3 is 1. The van der Waals surface area contributed by atoms with Crippen LogP contribution in [0.1, 0.15) is 37.9 Å². The Hall–Kier alpha value is -0.930. The summed E-state index contributed by atoms with van der Waals surface area (Å²) in [6, 6.07) is 5.08. The van der Waals surface area contributed by atoms with Crippen molar-refractivity contribution in [3.8, 4) is 0 Å². The van der Waals surface area contributed by atoms with Crippen molar-refractivity contribution in [3.63, 3.8) is 0 Å². The molecular formula is C14H22FNO. The molecule has 0 bridgehead atoms. The van der Waals surface area contributed by atoms with E-state index in [1.54, 1.807) is 13.2 Å². The van der Waals surface area contributed by atoms with Gasteiger partial charge < -0.3 is 10.1 Å². The van der Waals surface area contributed by atoms with Crippen LogP contribution < -0.4 is 5.32 Å². The molecule has 1 aromatic rings. The zero-order valence-corrected chi connectivity index (χ0v) is 11.3. The summed E-state index contributed by atoms with van der Waals surface area (Å²) < 4.78 is 19.0. The molecule has 1 atom stereocenters. The van der Waals surface area contributed by atoms with Crippen LogP contribution in [0.25, 0.3) is 0 Å². The van der Waals surface area contributed by atoms with E-state index in [-0.39, 0.29) is 17.5 Å². The monoisotopic (exact) mass is 239 g/mol. The summed E-state index contributed by atoms with van der Waals surface area (Å²) >= 11 is 0. The van der Waals surface area contributed by atoms with Crippen LogP contribution in [0.4, 0.5) is 4.39 Å². The summed E-state index contributed by atoms with van der Waals surface area (Å²) in [6.07, 6.45) is 0. The molecule has 0 aliphatic rings. The fraction of sp³-hybridized carbons (Fsp3) is 0.571. The molecule has 0 radical (unpaired) electrons. The van der Waals surface area contributed by atoms with Crippen molar-refractivity contribution >= 4 is 0 Å². The van der Waals surface area contributed by atoms with Gasteiger partial charge in [0.05, 0.1) is 11.6 Å². The van der Waals surface area contributed by atoms with E-state index in [1.165, 1.54) is 6.07 Å². The van der Waals surface area contributed by atoms with Crippen LogP contribution in [-0.4, -0.2) is 19.3 Å². The first-order chi connectivity index (χ1) is 7.90. The molecule has 1 unspecified atom stereocenters. The van der Waals surface area contributed by atoms with Crippen LogP contribution in [0.15, 0.2) is 18.2 Å². The molecule has 96 valence electrons. The van der Waals surface area contributed by atoms with Gasteiger partial charge in [0.15, 0.2) is 0 Å². The van der Waals surface area contributed by atoms with Gasteiger partial charge in [-0.25, -0.2) is 4.39 Å². The minimum Gasteiger partial charge on any atom is -0.377 e. The molecule has 0 aliphatic carbocycles. The first kappa shape index (κ1) is 14.1. The summed E-state index contributed by atoms with van der Waals surface area (Å²) in [4.78, 5) is 0. The van der Waals surface area contributed by atoms with Crippen LogP contribution in [0.2, 0.25) is 0 Å². The van der Waals surface area contributed by atoms with E-state index in [0.29, 0.717) is 0 Å². The third kappa shape index (κ3) is 3.51. The van der Waals surface area contributed by atoms with E-state index in [0.717, 1.165) is 17.7 Å². The third-order valence-corrected chi connectivity index (χ3v) is 3.03.